The van der Waals surface area contributed by atoms with Gasteiger partial charge in [0.1, 0.15) is 5.03 Å². The number of fused-ring (bicyclic) bond motifs is 1. The summed E-state index contributed by atoms with van der Waals surface area (Å²) in [6, 6.07) is 16.9. The van der Waals surface area contributed by atoms with Crippen LogP contribution in [0.25, 0.3) is 22.5 Å². The first kappa shape index (κ1) is 20.7. The monoisotopic (exact) mass is 435 g/mol. The summed E-state index contributed by atoms with van der Waals surface area (Å²) in [5.41, 5.74) is 1.72. The molecule has 158 valence electrons. The number of para-hydroxylation sites is 1. The Morgan fingerprint density at radius 2 is 1.87 bits per heavy atom. The van der Waals surface area contributed by atoms with Crippen LogP contribution in [0.2, 0.25) is 0 Å². The fourth-order valence-electron chi connectivity index (χ4n) is 3.05. The molecule has 0 radical (unpaired) electrons. The smallest absolute Gasteiger partial charge is 0.230 e. The Labute approximate surface area is 183 Å². The first-order valence-electron chi connectivity index (χ1n) is 9.59. The maximum Gasteiger partial charge on any atom is 0.230 e. The average molecular weight is 436 g/mol. The van der Waals surface area contributed by atoms with Crippen molar-refractivity contribution in [2.45, 2.75) is 11.6 Å². The third kappa shape index (κ3) is 4.80. The van der Waals surface area contributed by atoms with Crippen LogP contribution in [0.3, 0.4) is 0 Å². The Kier molecular flexibility index (Phi) is 6.37. The molecule has 0 unspecified atom stereocenters. The van der Waals surface area contributed by atoms with Gasteiger partial charge in [0.05, 0.1) is 31.8 Å². The third-order valence-electron chi connectivity index (χ3n) is 4.59. The van der Waals surface area contributed by atoms with E-state index in [4.69, 9.17) is 13.9 Å². The molecule has 2 heterocycles. The molecule has 0 bridgehead atoms. The number of hydrogen-bond acceptors (Lipinski definition) is 7. The van der Waals surface area contributed by atoms with Gasteiger partial charge in [-0.25, -0.2) is 9.97 Å². The van der Waals surface area contributed by atoms with Crippen LogP contribution >= 0.6 is 11.8 Å². The molecule has 0 aliphatic rings. The first-order chi connectivity index (χ1) is 15.2. The van der Waals surface area contributed by atoms with E-state index in [9.17, 15) is 4.79 Å². The molecule has 1 N–H and O–H groups in total. The molecule has 0 saturated carbocycles. The Morgan fingerprint density at radius 1 is 1.03 bits per heavy atom. The van der Waals surface area contributed by atoms with Gasteiger partial charge in [-0.1, -0.05) is 36.0 Å². The second-order valence-corrected chi connectivity index (χ2v) is 7.57. The van der Waals surface area contributed by atoms with E-state index in [1.807, 2.05) is 48.5 Å². The molecule has 0 saturated heterocycles. The molecule has 1 amide bonds. The fraction of sp³-hybridized carbons (Fsp3) is 0.174. The molecule has 0 fully saturated rings. The molecule has 0 aliphatic carbocycles. The van der Waals surface area contributed by atoms with Crippen LogP contribution in [0.4, 0.5) is 0 Å². The van der Waals surface area contributed by atoms with Crippen molar-refractivity contribution in [2.75, 3.05) is 20.0 Å². The number of benzene rings is 2. The molecule has 4 aromatic rings. The van der Waals surface area contributed by atoms with Crippen LogP contribution in [0.5, 0.6) is 11.5 Å². The zero-order valence-corrected chi connectivity index (χ0v) is 17.9. The summed E-state index contributed by atoms with van der Waals surface area (Å²) >= 11 is 1.37. The average Bonchev–Trinajstić information content (AvgIpc) is 3.36. The summed E-state index contributed by atoms with van der Waals surface area (Å²) < 4.78 is 16.0. The normalized spacial score (nSPS) is 10.8. The molecular formula is C23H21N3O4S. The lowest BCUT2D eigenvalue weighted by Crippen LogP contribution is -2.24. The molecule has 2 aromatic heterocycles. The van der Waals surface area contributed by atoms with Gasteiger partial charge < -0.3 is 19.2 Å². The zero-order valence-electron chi connectivity index (χ0n) is 17.1. The molecule has 2 aromatic carbocycles. The summed E-state index contributed by atoms with van der Waals surface area (Å²) in [5, 5.41) is 4.56. The number of nitrogens with zero attached hydrogens (tertiary/aromatic N) is 2. The van der Waals surface area contributed by atoms with Crippen molar-refractivity contribution in [3.63, 3.8) is 0 Å². The van der Waals surface area contributed by atoms with E-state index < -0.39 is 0 Å². The Hall–Kier alpha value is -3.52. The van der Waals surface area contributed by atoms with Gasteiger partial charge in [-0.3, -0.25) is 4.79 Å². The highest BCUT2D eigenvalue weighted by molar-refractivity contribution is 8.00. The third-order valence-corrected chi connectivity index (χ3v) is 5.58. The molecule has 0 aliphatic heterocycles. The number of rotatable bonds is 8. The van der Waals surface area contributed by atoms with Crippen LogP contribution < -0.4 is 14.8 Å². The van der Waals surface area contributed by atoms with Crippen LogP contribution in [-0.4, -0.2) is 35.8 Å². The van der Waals surface area contributed by atoms with Gasteiger partial charge in [-0.15, -0.1) is 0 Å². The highest BCUT2D eigenvalue weighted by atomic mass is 32.2. The number of methoxy groups -OCH3 is 2. The van der Waals surface area contributed by atoms with Crippen molar-refractivity contribution in [1.82, 2.24) is 15.3 Å². The van der Waals surface area contributed by atoms with Gasteiger partial charge in [0, 0.05) is 11.9 Å². The highest BCUT2D eigenvalue weighted by Gasteiger charge is 2.13. The van der Waals surface area contributed by atoms with E-state index in [-0.39, 0.29) is 11.7 Å². The van der Waals surface area contributed by atoms with Crippen molar-refractivity contribution in [3.8, 4) is 23.1 Å². The van der Waals surface area contributed by atoms with Crippen molar-refractivity contribution in [1.29, 1.82) is 0 Å². The number of aromatic nitrogens is 2. The van der Waals surface area contributed by atoms with Gasteiger partial charge >= 0.3 is 0 Å². The van der Waals surface area contributed by atoms with E-state index in [0.717, 1.165) is 21.5 Å². The highest BCUT2D eigenvalue weighted by Crippen LogP contribution is 2.29. The second kappa shape index (κ2) is 9.53. The first-order valence-corrected chi connectivity index (χ1v) is 10.6. The van der Waals surface area contributed by atoms with Gasteiger partial charge in [0.15, 0.2) is 23.1 Å². The molecular weight excluding hydrogens is 414 g/mol. The van der Waals surface area contributed by atoms with E-state index >= 15 is 0 Å². The van der Waals surface area contributed by atoms with E-state index in [1.54, 1.807) is 26.5 Å². The minimum absolute atomic E-state index is 0.0953. The SMILES string of the molecule is COc1ccc(CNC(=O)CSc2nc(-c3ccco3)nc3ccccc23)cc1OC. The maximum absolute atomic E-state index is 12.5. The Balaban J connectivity index is 1.45. The van der Waals surface area contributed by atoms with Gasteiger partial charge in [0.2, 0.25) is 5.91 Å². The van der Waals surface area contributed by atoms with Gasteiger partial charge in [0.25, 0.3) is 0 Å². The van der Waals surface area contributed by atoms with Crippen molar-refractivity contribution in [3.05, 3.63) is 66.4 Å². The minimum atomic E-state index is -0.0953. The van der Waals surface area contributed by atoms with Crippen molar-refractivity contribution >= 4 is 28.6 Å². The Bertz CT molecular complexity index is 1190. The van der Waals surface area contributed by atoms with Crippen molar-refractivity contribution < 1.29 is 18.7 Å². The quantitative estimate of drug-likeness (QED) is 0.326. The summed E-state index contributed by atoms with van der Waals surface area (Å²) in [6.45, 7) is 0.391. The van der Waals surface area contributed by atoms with Crippen molar-refractivity contribution in [2.24, 2.45) is 0 Å². The fourth-order valence-corrected chi connectivity index (χ4v) is 3.90. The van der Waals surface area contributed by atoms with Crippen LogP contribution in [0.15, 0.2) is 70.3 Å². The number of thioether (sulfide) groups is 1. The number of amides is 1. The number of nitrogens with one attached hydrogen (secondary N) is 1. The number of furan rings is 1. The number of carbonyl (C=O) groups is 1. The topological polar surface area (TPSA) is 86.5 Å². The zero-order chi connectivity index (χ0) is 21.6. The predicted molar refractivity (Wildman–Crippen MR) is 119 cm³/mol. The number of carbonyl (C=O) groups excluding carboxylic acids is 1. The van der Waals surface area contributed by atoms with E-state index in [2.05, 4.69) is 15.3 Å². The van der Waals surface area contributed by atoms with E-state index in [0.29, 0.717) is 29.6 Å². The van der Waals surface area contributed by atoms with Crippen LogP contribution in [0, 0.1) is 0 Å². The molecule has 0 atom stereocenters. The van der Waals surface area contributed by atoms with Crippen LogP contribution in [0.1, 0.15) is 5.56 Å². The summed E-state index contributed by atoms with van der Waals surface area (Å²) in [6.07, 6.45) is 1.59. The van der Waals surface area contributed by atoms with Crippen LogP contribution in [-0.2, 0) is 11.3 Å². The second-order valence-electron chi connectivity index (χ2n) is 6.60. The lowest BCUT2D eigenvalue weighted by Gasteiger charge is -2.11. The minimum Gasteiger partial charge on any atom is -0.493 e. The molecule has 8 heteroatoms. The lowest BCUT2D eigenvalue weighted by molar-refractivity contribution is -0.118. The van der Waals surface area contributed by atoms with Gasteiger partial charge in [-0.2, -0.15) is 0 Å². The predicted octanol–water partition coefficient (Wildman–Crippen LogP) is 4.32. The number of hydrogen-bond donors (Lipinski definition) is 1. The number of ether oxygens (including phenoxy) is 2. The molecule has 0 spiro atoms. The Morgan fingerprint density at radius 3 is 2.65 bits per heavy atom. The summed E-state index contributed by atoms with van der Waals surface area (Å²) in [4.78, 5) is 21.7. The lowest BCUT2D eigenvalue weighted by atomic mass is 10.2. The molecule has 31 heavy (non-hydrogen) atoms. The summed E-state index contributed by atoms with van der Waals surface area (Å²) in [5.74, 6) is 2.49. The molecule has 4 rings (SSSR count). The maximum atomic E-state index is 12.5. The van der Waals surface area contributed by atoms with Gasteiger partial charge in [-0.05, 0) is 35.9 Å². The largest absolute Gasteiger partial charge is 0.493 e. The molecule has 7 nitrogen and oxygen atoms in total. The van der Waals surface area contributed by atoms with E-state index in [1.165, 1.54) is 11.8 Å². The standard InChI is InChI=1S/C23H21N3O4S/c1-28-18-10-9-15(12-20(18)29-2)13-24-21(27)14-31-23-16-6-3-4-7-17(16)25-22(26-23)19-8-5-11-30-19/h3-12H,13-14H2,1-2H3,(H,24,27). The summed E-state index contributed by atoms with van der Waals surface area (Å²) in [7, 11) is 3.17.